The Bertz CT molecular complexity index is 909. The van der Waals surface area contributed by atoms with E-state index in [9.17, 15) is 4.79 Å². The van der Waals surface area contributed by atoms with Gasteiger partial charge >= 0.3 is 0 Å². The molecule has 3 heterocycles. The Morgan fingerprint density at radius 3 is 2.85 bits per heavy atom. The molecular weight excluding hydrogens is 346 g/mol. The first-order valence-corrected chi connectivity index (χ1v) is 9.35. The highest BCUT2D eigenvalue weighted by Crippen LogP contribution is 2.38. The van der Waals surface area contributed by atoms with Gasteiger partial charge in [-0.25, -0.2) is 0 Å². The quantitative estimate of drug-likeness (QED) is 0.638. The van der Waals surface area contributed by atoms with Crippen LogP contribution in [0.3, 0.4) is 0 Å². The van der Waals surface area contributed by atoms with Gasteiger partial charge in [0.05, 0.1) is 25.7 Å². The Hall–Kier alpha value is -2.79. The molecule has 26 heavy (non-hydrogen) atoms. The van der Waals surface area contributed by atoms with Crippen LogP contribution in [0.1, 0.15) is 27.6 Å². The van der Waals surface area contributed by atoms with Gasteiger partial charge in [-0.15, -0.1) is 11.3 Å². The van der Waals surface area contributed by atoms with E-state index in [1.807, 2.05) is 35.2 Å². The molecule has 0 radical (unpaired) electrons. The number of ether oxygens (including phenoxy) is 1. The van der Waals surface area contributed by atoms with E-state index in [4.69, 9.17) is 9.15 Å². The number of benzene rings is 1. The summed E-state index contributed by atoms with van der Waals surface area (Å²) in [6, 6.07) is 11.9. The van der Waals surface area contributed by atoms with Gasteiger partial charge in [-0.1, -0.05) is 12.1 Å². The topological polar surface area (TPSA) is 42.7 Å². The van der Waals surface area contributed by atoms with Crippen LogP contribution in [0.15, 0.2) is 64.8 Å². The maximum atomic E-state index is 12.9. The molecular formula is C21H19NO3S. The molecule has 1 aliphatic heterocycles. The van der Waals surface area contributed by atoms with Crippen molar-refractivity contribution in [3.8, 4) is 5.75 Å². The molecule has 0 aliphatic carbocycles. The molecule has 1 aromatic carbocycles. The van der Waals surface area contributed by atoms with Gasteiger partial charge in [0, 0.05) is 23.1 Å². The number of hydrogen-bond acceptors (Lipinski definition) is 4. The van der Waals surface area contributed by atoms with Crippen LogP contribution in [0.2, 0.25) is 0 Å². The standard InChI is InChI=1S/C21H19NO3S/c1-24-17-5-3-16(4-6-17)21-18-10-13-26-19(18)8-11-22(21)20(23)7-2-15-9-12-25-14-15/h2-7,9-10,12-14,21H,8,11H2,1H3. The van der Waals surface area contributed by atoms with Crippen molar-refractivity contribution >= 4 is 23.3 Å². The van der Waals surface area contributed by atoms with Crippen molar-refractivity contribution in [1.82, 2.24) is 4.90 Å². The first kappa shape index (κ1) is 16.7. The van der Waals surface area contributed by atoms with Crippen molar-refractivity contribution in [2.24, 2.45) is 0 Å². The number of fused-ring (bicyclic) bond motifs is 1. The van der Waals surface area contributed by atoms with Crippen LogP contribution in [0.4, 0.5) is 0 Å². The predicted octanol–water partition coefficient (Wildman–Crippen LogP) is 4.54. The molecule has 0 saturated heterocycles. The molecule has 132 valence electrons. The average molecular weight is 365 g/mol. The molecule has 0 fully saturated rings. The van der Waals surface area contributed by atoms with E-state index in [0.717, 1.165) is 23.3 Å². The lowest BCUT2D eigenvalue weighted by atomic mass is 9.93. The van der Waals surface area contributed by atoms with E-state index >= 15 is 0 Å². The lowest BCUT2D eigenvalue weighted by Crippen LogP contribution is -2.39. The molecule has 1 unspecified atom stereocenters. The molecule has 1 atom stereocenters. The third kappa shape index (κ3) is 3.18. The fourth-order valence-corrected chi connectivity index (χ4v) is 4.24. The van der Waals surface area contributed by atoms with Crippen LogP contribution in [0.5, 0.6) is 5.75 Å². The summed E-state index contributed by atoms with van der Waals surface area (Å²) >= 11 is 1.76. The number of methoxy groups -OCH3 is 1. The fourth-order valence-electron chi connectivity index (χ4n) is 3.33. The number of thiophene rings is 1. The Labute approximate surface area is 156 Å². The monoisotopic (exact) mass is 365 g/mol. The summed E-state index contributed by atoms with van der Waals surface area (Å²) in [6.07, 6.45) is 7.53. The van der Waals surface area contributed by atoms with Crippen molar-refractivity contribution in [2.75, 3.05) is 13.7 Å². The number of carbonyl (C=O) groups is 1. The van der Waals surface area contributed by atoms with Crippen LogP contribution >= 0.6 is 11.3 Å². The Morgan fingerprint density at radius 2 is 2.12 bits per heavy atom. The summed E-state index contributed by atoms with van der Waals surface area (Å²) in [5, 5.41) is 2.11. The first-order valence-electron chi connectivity index (χ1n) is 8.47. The number of carbonyl (C=O) groups excluding carboxylic acids is 1. The molecule has 0 bridgehead atoms. The van der Waals surface area contributed by atoms with Crippen molar-refractivity contribution in [3.63, 3.8) is 0 Å². The van der Waals surface area contributed by atoms with Crippen molar-refractivity contribution in [1.29, 1.82) is 0 Å². The van der Waals surface area contributed by atoms with Crippen LogP contribution in [-0.2, 0) is 11.2 Å². The lowest BCUT2D eigenvalue weighted by molar-refractivity contribution is -0.127. The van der Waals surface area contributed by atoms with Gasteiger partial charge in [0.2, 0.25) is 5.91 Å². The third-order valence-electron chi connectivity index (χ3n) is 4.64. The van der Waals surface area contributed by atoms with E-state index in [0.29, 0.717) is 6.54 Å². The Morgan fingerprint density at radius 1 is 1.27 bits per heavy atom. The third-order valence-corrected chi connectivity index (χ3v) is 5.64. The molecule has 1 amide bonds. The minimum absolute atomic E-state index is 0.00358. The van der Waals surface area contributed by atoms with Crippen LogP contribution in [0, 0.1) is 0 Å². The molecule has 0 saturated carbocycles. The molecule has 0 spiro atoms. The Balaban J connectivity index is 1.67. The minimum atomic E-state index is -0.0718. The van der Waals surface area contributed by atoms with Gasteiger partial charge in [-0.3, -0.25) is 4.79 Å². The highest BCUT2D eigenvalue weighted by atomic mass is 32.1. The fraction of sp³-hybridized carbons (Fsp3) is 0.190. The van der Waals surface area contributed by atoms with Crippen LogP contribution in [0.25, 0.3) is 6.08 Å². The van der Waals surface area contributed by atoms with Gasteiger partial charge in [0.1, 0.15) is 5.75 Å². The largest absolute Gasteiger partial charge is 0.497 e. The Kier molecular flexibility index (Phi) is 4.63. The van der Waals surface area contributed by atoms with E-state index in [-0.39, 0.29) is 11.9 Å². The van der Waals surface area contributed by atoms with E-state index < -0.39 is 0 Å². The van der Waals surface area contributed by atoms with Gasteiger partial charge in [-0.05, 0) is 53.3 Å². The highest BCUT2D eigenvalue weighted by Gasteiger charge is 2.31. The van der Waals surface area contributed by atoms with E-state index in [2.05, 4.69) is 11.4 Å². The number of rotatable bonds is 4. The number of amides is 1. The first-order chi connectivity index (χ1) is 12.8. The normalized spacial score (nSPS) is 16.7. The number of hydrogen-bond donors (Lipinski definition) is 0. The molecule has 4 nitrogen and oxygen atoms in total. The molecule has 3 aromatic rings. The van der Waals surface area contributed by atoms with Gasteiger partial charge in [0.15, 0.2) is 0 Å². The molecule has 5 heteroatoms. The van der Waals surface area contributed by atoms with Crippen molar-refractivity contribution < 1.29 is 13.9 Å². The zero-order chi connectivity index (χ0) is 17.9. The summed E-state index contributed by atoms with van der Waals surface area (Å²) in [6.45, 7) is 0.707. The summed E-state index contributed by atoms with van der Waals surface area (Å²) in [5.41, 5.74) is 3.19. The molecule has 0 N–H and O–H groups in total. The van der Waals surface area contributed by atoms with Crippen LogP contribution < -0.4 is 4.74 Å². The zero-order valence-corrected chi connectivity index (χ0v) is 15.2. The predicted molar refractivity (Wildman–Crippen MR) is 102 cm³/mol. The van der Waals surface area contributed by atoms with Gasteiger partial charge in [-0.2, -0.15) is 0 Å². The number of furan rings is 1. The maximum Gasteiger partial charge on any atom is 0.247 e. The molecule has 2 aromatic heterocycles. The summed E-state index contributed by atoms with van der Waals surface area (Å²) in [7, 11) is 1.66. The van der Waals surface area contributed by atoms with Gasteiger partial charge < -0.3 is 14.1 Å². The molecule has 4 rings (SSSR count). The minimum Gasteiger partial charge on any atom is -0.497 e. The lowest BCUT2D eigenvalue weighted by Gasteiger charge is -2.35. The van der Waals surface area contributed by atoms with Gasteiger partial charge in [0.25, 0.3) is 0 Å². The van der Waals surface area contributed by atoms with Crippen molar-refractivity contribution in [2.45, 2.75) is 12.5 Å². The smallest absolute Gasteiger partial charge is 0.247 e. The molecule has 1 aliphatic rings. The summed E-state index contributed by atoms with van der Waals surface area (Å²) in [5.74, 6) is 0.816. The second kappa shape index (κ2) is 7.22. The highest BCUT2D eigenvalue weighted by molar-refractivity contribution is 7.10. The SMILES string of the molecule is COc1ccc(C2c3ccsc3CCN2C(=O)C=Cc2ccoc2)cc1. The second-order valence-corrected chi connectivity index (χ2v) is 7.15. The average Bonchev–Trinajstić information content (AvgIpc) is 3.37. The van der Waals surface area contributed by atoms with E-state index in [1.165, 1.54) is 10.4 Å². The zero-order valence-electron chi connectivity index (χ0n) is 14.4. The maximum absolute atomic E-state index is 12.9. The number of nitrogens with zero attached hydrogens (tertiary/aromatic N) is 1. The van der Waals surface area contributed by atoms with Crippen LogP contribution in [-0.4, -0.2) is 24.5 Å². The summed E-state index contributed by atoms with van der Waals surface area (Å²) in [4.78, 5) is 16.2. The van der Waals surface area contributed by atoms with Crippen molar-refractivity contribution in [3.05, 3.63) is 81.9 Å². The second-order valence-electron chi connectivity index (χ2n) is 6.15. The van der Waals surface area contributed by atoms with E-state index in [1.54, 1.807) is 43.1 Å². The summed E-state index contributed by atoms with van der Waals surface area (Å²) < 4.78 is 10.3.